The molecule has 0 spiro atoms. The van der Waals surface area contributed by atoms with Crippen LogP contribution < -0.4 is 24.4 Å². The van der Waals surface area contributed by atoms with E-state index in [0.29, 0.717) is 44.3 Å². The first-order chi connectivity index (χ1) is 20.1. The van der Waals surface area contributed by atoms with Crippen molar-refractivity contribution >= 4 is 29.1 Å². The van der Waals surface area contributed by atoms with Crippen LogP contribution in [-0.4, -0.2) is 35.8 Å². The van der Waals surface area contributed by atoms with Gasteiger partial charge in [-0.1, -0.05) is 63.1 Å². The number of esters is 1. The van der Waals surface area contributed by atoms with Crippen molar-refractivity contribution in [1.82, 2.24) is 4.57 Å². The Kier molecular flexibility index (Phi) is 9.95. The van der Waals surface area contributed by atoms with Crippen LogP contribution >= 0.6 is 11.3 Å². The predicted molar refractivity (Wildman–Crippen MR) is 161 cm³/mol. The number of carbonyl (C=O) groups excluding carboxylic acids is 1. The molecule has 222 valence electrons. The zero-order valence-electron chi connectivity index (χ0n) is 24.4. The van der Waals surface area contributed by atoms with Crippen LogP contribution in [0.1, 0.15) is 64.1 Å². The van der Waals surface area contributed by atoms with E-state index in [9.17, 15) is 19.7 Å². The summed E-state index contributed by atoms with van der Waals surface area (Å²) in [6.45, 7) is 8.49. The average Bonchev–Trinajstić information content (AvgIpc) is 3.27. The Labute approximate surface area is 247 Å². The van der Waals surface area contributed by atoms with E-state index in [4.69, 9.17) is 14.2 Å². The summed E-state index contributed by atoms with van der Waals surface area (Å²) in [5.41, 5.74) is 1.37. The second kappa shape index (κ2) is 13.6. The molecular weight excluding hydrogens is 558 g/mol. The molecule has 1 unspecified atom stereocenters. The van der Waals surface area contributed by atoms with Gasteiger partial charge in [0.15, 0.2) is 16.3 Å². The Morgan fingerprint density at radius 2 is 1.98 bits per heavy atom. The Morgan fingerprint density at radius 3 is 2.67 bits per heavy atom. The summed E-state index contributed by atoms with van der Waals surface area (Å²) in [5.74, 6) is 0.614. The van der Waals surface area contributed by atoms with Gasteiger partial charge in [0.05, 0.1) is 47.1 Å². The molecule has 11 heteroatoms. The first-order valence-electron chi connectivity index (χ1n) is 13.9. The number of methoxy groups -OCH3 is 1. The number of aromatic nitrogens is 1. The lowest BCUT2D eigenvalue weighted by molar-refractivity contribution is -0.384. The van der Waals surface area contributed by atoms with E-state index in [0.717, 1.165) is 30.6 Å². The number of nitro groups is 1. The van der Waals surface area contributed by atoms with E-state index in [-0.39, 0.29) is 29.3 Å². The second-order valence-electron chi connectivity index (χ2n) is 10.4. The van der Waals surface area contributed by atoms with Crippen molar-refractivity contribution in [3.63, 3.8) is 0 Å². The van der Waals surface area contributed by atoms with Gasteiger partial charge in [-0.25, -0.2) is 9.79 Å². The molecule has 0 N–H and O–H groups in total. The first kappa shape index (κ1) is 30.7. The molecule has 0 bridgehead atoms. The number of nitro benzene ring substituents is 1. The van der Waals surface area contributed by atoms with Crippen LogP contribution in [-0.2, 0) is 9.53 Å². The van der Waals surface area contributed by atoms with Crippen LogP contribution in [0.4, 0.5) is 5.69 Å². The van der Waals surface area contributed by atoms with Gasteiger partial charge in [-0.3, -0.25) is 19.5 Å². The number of hydrogen-bond acceptors (Lipinski definition) is 9. The van der Waals surface area contributed by atoms with Crippen LogP contribution in [0.2, 0.25) is 0 Å². The lowest BCUT2D eigenvalue weighted by atomic mass is 9.95. The lowest BCUT2D eigenvalue weighted by Gasteiger charge is -2.25. The molecule has 0 fully saturated rings. The third-order valence-electron chi connectivity index (χ3n) is 6.68. The van der Waals surface area contributed by atoms with Crippen LogP contribution in [0.3, 0.4) is 0 Å². The highest BCUT2D eigenvalue weighted by Gasteiger charge is 2.34. The molecule has 1 atom stereocenters. The molecule has 2 heterocycles. The zero-order valence-corrected chi connectivity index (χ0v) is 25.2. The fraction of sp³-hybridized carbons (Fsp3) is 0.387. The second-order valence-corrected chi connectivity index (χ2v) is 11.4. The van der Waals surface area contributed by atoms with E-state index < -0.39 is 16.9 Å². The quantitative estimate of drug-likeness (QED) is 0.126. The Morgan fingerprint density at radius 1 is 1.19 bits per heavy atom. The summed E-state index contributed by atoms with van der Waals surface area (Å²) in [6, 6.07) is 10.6. The number of thiazole rings is 1. The fourth-order valence-electron chi connectivity index (χ4n) is 4.61. The van der Waals surface area contributed by atoms with Crippen molar-refractivity contribution in [3.05, 3.63) is 94.7 Å². The van der Waals surface area contributed by atoms with Gasteiger partial charge >= 0.3 is 5.97 Å². The zero-order chi connectivity index (χ0) is 30.4. The number of benzene rings is 2. The van der Waals surface area contributed by atoms with Crippen LogP contribution in [0, 0.1) is 16.0 Å². The third-order valence-corrected chi connectivity index (χ3v) is 7.66. The number of carbonyl (C=O) groups is 1. The van der Waals surface area contributed by atoms with Crippen LogP contribution in [0.15, 0.2) is 63.5 Å². The SMILES string of the molecule is CCCCCOc1ccc(C2C(C(=O)OCC(C)C)=C(C)N=c3s/c(=C\c4cccc([N+](=O)[O-])c4)c(=O)n32)cc1OC. The largest absolute Gasteiger partial charge is 0.493 e. The molecule has 0 amide bonds. The Balaban J connectivity index is 1.85. The number of fused-ring (bicyclic) bond motifs is 1. The molecule has 2 aromatic carbocycles. The Bertz CT molecular complexity index is 1690. The highest BCUT2D eigenvalue weighted by Crippen LogP contribution is 2.36. The van der Waals surface area contributed by atoms with E-state index in [1.165, 1.54) is 16.7 Å². The number of non-ortho nitro benzene ring substituents is 1. The maximum absolute atomic E-state index is 13.9. The van der Waals surface area contributed by atoms with Gasteiger partial charge in [-0.05, 0) is 48.6 Å². The number of nitrogens with zero attached hydrogens (tertiary/aromatic N) is 3. The van der Waals surface area contributed by atoms with Gasteiger partial charge in [0.1, 0.15) is 0 Å². The summed E-state index contributed by atoms with van der Waals surface area (Å²) >= 11 is 1.15. The standard InChI is InChI=1S/C31H35N3O7S/c1-6-7-8-14-40-24-13-12-22(17-25(24)39-5)28-27(30(36)41-18-19(2)3)20(4)32-31-33(28)29(35)26(42-31)16-21-10-9-11-23(15-21)34(37)38/h9-13,15-17,19,28H,6-8,14,18H2,1-5H3/b26-16-. The molecule has 42 heavy (non-hydrogen) atoms. The molecular formula is C31H35N3O7S. The number of ether oxygens (including phenoxy) is 3. The van der Waals surface area contributed by atoms with E-state index in [1.807, 2.05) is 19.9 Å². The summed E-state index contributed by atoms with van der Waals surface area (Å²) in [6.07, 6.45) is 4.64. The molecule has 1 aliphatic heterocycles. The highest BCUT2D eigenvalue weighted by atomic mass is 32.1. The van der Waals surface area contributed by atoms with Gasteiger partial charge in [0.25, 0.3) is 11.2 Å². The van der Waals surface area contributed by atoms with Crippen molar-refractivity contribution in [3.8, 4) is 11.5 Å². The summed E-state index contributed by atoms with van der Waals surface area (Å²) in [5, 5.41) is 11.3. The minimum atomic E-state index is -0.837. The molecule has 1 aliphatic rings. The molecule has 0 radical (unpaired) electrons. The molecule has 0 aliphatic carbocycles. The van der Waals surface area contributed by atoms with Crippen molar-refractivity contribution in [1.29, 1.82) is 0 Å². The van der Waals surface area contributed by atoms with Crippen molar-refractivity contribution in [2.45, 2.75) is 53.0 Å². The maximum Gasteiger partial charge on any atom is 0.338 e. The van der Waals surface area contributed by atoms with Crippen molar-refractivity contribution < 1.29 is 23.9 Å². The number of allylic oxidation sites excluding steroid dienone is 1. The highest BCUT2D eigenvalue weighted by molar-refractivity contribution is 7.07. The predicted octanol–water partition coefficient (Wildman–Crippen LogP) is 4.92. The van der Waals surface area contributed by atoms with E-state index >= 15 is 0 Å². The summed E-state index contributed by atoms with van der Waals surface area (Å²) < 4.78 is 19.0. The van der Waals surface area contributed by atoms with Gasteiger partial charge < -0.3 is 14.2 Å². The number of unbranched alkanes of at least 4 members (excludes halogenated alkanes) is 2. The molecule has 0 saturated heterocycles. The van der Waals surface area contributed by atoms with Gasteiger partial charge in [0.2, 0.25) is 0 Å². The third kappa shape index (κ3) is 6.79. The van der Waals surface area contributed by atoms with Crippen molar-refractivity contribution in [2.24, 2.45) is 10.9 Å². The lowest BCUT2D eigenvalue weighted by Crippen LogP contribution is -2.40. The average molecular weight is 594 g/mol. The molecule has 4 rings (SSSR count). The Hall–Kier alpha value is -4.25. The normalized spacial score (nSPS) is 14.9. The van der Waals surface area contributed by atoms with Gasteiger partial charge in [-0.15, -0.1) is 0 Å². The maximum atomic E-state index is 13.9. The van der Waals surface area contributed by atoms with Crippen LogP contribution in [0.5, 0.6) is 11.5 Å². The minimum Gasteiger partial charge on any atom is -0.493 e. The summed E-state index contributed by atoms with van der Waals surface area (Å²) in [7, 11) is 1.54. The van der Waals surface area contributed by atoms with Crippen LogP contribution in [0.25, 0.3) is 6.08 Å². The molecule has 1 aromatic heterocycles. The summed E-state index contributed by atoms with van der Waals surface area (Å²) in [4.78, 5) is 43.2. The fourth-order valence-corrected chi connectivity index (χ4v) is 5.65. The monoisotopic (exact) mass is 593 g/mol. The molecule has 3 aromatic rings. The van der Waals surface area contributed by atoms with E-state index in [1.54, 1.807) is 44.4 Å². The van der Waals surface area contributed by atoms with E-state index in [2.05, 4.69) is 11.9 Å². The van der Waals surface area contributed by atoms with Crippen molar-refractivity contribution in [2.75, 3.05) is 20.3 Å². The van der Waals surface area contributed by atoms with Gasteiger partial charge in [0, 0.05) is 12.1 Å². The smallest absolute Gasteiger partial charge is 0.338 e. The minimum absolute atomic E-state index is 0.0791. The molecule has 10 nitrogen and oxygen atoms in total. The topological polar surface area (TPSA) is 122 Å². The molecule has 0 saturated carbocycles. The van der Waals surface area contributed by atoms with Gasteiger partial charge in [-0.2, -0.15) is 0 Å². The first-order valence-corrected chi connectivity index (χ1v) is 14.7. The number of rotatable bonds is 12. The number of hydrogen-bond donors (Lipinski definition) is 0.